The third-order valence-corrected chi connectivity index (χ3v) is 7.29. The van der Waals surface area contributed by atoms with E-state index < -0.39 is 13.1 Å². The lowest BCUT2D eigenvalue weighted by Crippen LogP contribution is -2.49. The Morgan fingerprint density at radius 3 is 2.33 bits per heavy atom. The number of rotatable bonds is 10. The van der Waals surface area contributed by atoms with Crippen LogP contribution in [-0.2, 0) is 10.2 Å². The second-order valence-electron chi connectivity index (χ2n) is 8.99. The molecule has 0 radical (unpaired) electrons. The quantitative estimate of drug-likeness (QED) is 0.266. The summed E-state index contributed by atoms with van der Waals surface area (Å²) in [4.78, 5) is 14.3. The first-order valence-corrected chi connectivity index (χ1v) is 10.9. The predicted octanol–water partition coefficient (Wildman–Crippen LogP) is 2.11. The van der Waals surface area contributed by atoms with E-state index in [1.165, 1.54) is 11.9 Å². The summed E-state index contributed by atoms with van der Waals surface area (Å²) in [6.07, 6.45) is 8.92. The Morgan fingerprint density at radius 1 is 1.23 bits per heavy atom. The summed E-state index contributed by atoms with van der Waals surface area (Å²) in [5, 5.41) is 29.2. The number of benzene rings is 1. The van der Waals surface area contributed by atoms with Gasteiger partial charge in [0.2, 0.25) is 0 Å². The third-order valence-electron chi connectivity index (χ3n) is 7.29. The van der Waals surface area contributed by atoms with Gasteiger partial charge in [-0.3, -0.25) is 10.2 Å². The van der Waals surface area contributed by atoms with Crippen molar-refractivity contribution in [2.75, 3.05) is 20.7 Å². The summed E-state index contributed by atoms with van der Waals surface area (Å²) in [5.41, 5.74) is 2.09. The number of hydrogen-bond donors (Lipinski definition) is 4. The lowest BCUT2D eigenvalue weighted by molar-refractivity contribution is -0.0955. The molecular formula is C22H34BN3O4. The lowest BCUT2D eigenvalue weighted by Gasteiger charge is -2.53. The van der Waals surface area contributed by atoms with Crippen LogP contribution < -0.4 is 5.32 Å². The largest absolute Gasteiger partial charge is 0.475 e. The molecule has 0 heterocycles. The molecule has 3 fully saturated rings. The molecule has 0 aromatic heterocycles. The number of carbonyl (C=O) groups is 1. The van der Waals surface area contributed by atoms with Crippen LogP contribution in [0.2, 0.25) is 0 Å². The standard InChI is InChI=1S/C22H34BN3O4/c1-26(16-24)15-3-4-19(23(28)29)25-20(27)17-5-7-18(8-6-17)21-9-12-22(30-2,13-10-21)14-11-21/h5-8,16,19,24,28-29H,3-4,9-15H2,1-2H3,(H,25,27)/t19-,21?,22?/m0/s1. The second kappa shape index (κ2) is 9.50. The van der Waals surface area contributed by atoms with Crippen molar-refractivity contribution in [3.05, 3.63) is 35.4 Å². The minimum absolute atomic E-state index is 0.0786. The molecule has 2 bridgehead atoms. The van der Waals surface area contributed by atoms with Crippen molar-refractivity contribution in [1.82, 2.24) is 10.2 Å². The summed E-state index contributed by atoms with van der Waals surface area (Å²) < 4.78 is 5.79. The SMILES string of the molecule is COC12CCC(c3ccc(C(=O)N[C@@H](CCCN(C)C=N)B(O)O)cc3)(CC1)CC2. The first-order chi connectivity index (χ1) is 14.3. The molecule has 164 valence electrons. The van der Waals surface area contributed by atoms with Gasteiger partial charge in [0.15, 0.2) is 0 Å². The molecule has 3 saturated carbocycles. The summed E-state index contributed by atoms with van der Waals surface area (Å²) >= 11 is 0. The van der Waals surface area contributed by atoms with Crippen molar-refractivity contribution in [3.63, 3.8) is 0 Å². The van der Waals surface area contributed by atoms with Crippen molar-refractivity contribution < 1.29 is 19.6 Å². The summed E-state index contributed by atoms with van der Waals surface area (Å²) in [7, 11) is 1.99. The molecule has 0 saturated heterocycles. The molecule has 4 N–H and O–H groups in total. The Bertz CT molecular complexity index is 716. The predicted molar refractivity (Wildman–Crippen MR) is 118 cm³/mol. The maximum Gasteiger partial charge on any atom is 0.475 e. The molecule has 8 heteroatoms. The first-order valence-electron chi connectivity index (χ1n) is 10.9. The molecule has 0 unspecified atom stereocenters. The normalized spacial score (nSPS) is 26.1. The molecule has 1 aromatic carbocycles. The minimum atomic E-state index is -1.62. The van der Waals surface area contributed by atoms with Crippen LogP contribution in [0.5, 0.6) is 0 Å². The number of ether oxygens (including phenoxy) is 1. The number of nitrogens with one attached hydrogen (secondary N) is 2. The minimum Gasteiger partial charge on any atom is -0.426 e. The van der Waals surface area contributed by atoms with Crippen LogP contribution in [0.4, 0.5) is 0 Å². The van der Waals surface area contributed by atoms with Crippen LogP contribution in [0.1, 0.15) is 67.3 Å². The van der Waals surface area contributed by atoms with Crippen molar-refractivity contribution in [2.45, 2.75) is 68.3 Å². The highest BCUT2D eigenvalue weighted by Crippen LogP contribution is 2.54. The van der Waals surface area contributed by atoms with E-state index in [4.69, 9.17) is 10.1 Å². The number of fused-ring (bicyclic) bond motifs is 3. The van der Waals surface area contributed by atoms with Crippen LogP contribution >= 0.6 is 0 Å². The van der Waals surface area contributed by atoms with E-state index in [9.17, 15) is 14.8 Å². The van der Waals surface area contributed by atoms with Crippen LogP contribution in [0.3, 0.4) is 0 Å². The molecule has 0 spiro atoms. The maximum absolute atomic E-state index is 12.6. The van der Waals surface area contributed by atoms with E-state index in [2.05, 4.69) is 17.4 Å². The fourth-order valence-electron chi connectivity index (χ4n) is 5.04. The Morgan fingerprint density at radius 2 is 1.83 bits per heavy atom. The van der Waals surface area contributed by atoms with Crippen LogP contribution in [0.15, 0.2) is 24.3 Å². The van der Waals surface area contributed by atoms with E-state index in [0.29, 0.717) is 24.9 Å². The number of carbonyl (C=O) groups excluding carboxylic acids is 1. The van der Waals surface area contributed by atoms with Gasteiger partial charge in [0.1, 0.15) is 0 Å². The zero-order valence-electron chi connectivity index (χ0n) is 18.1. The average molecular weight is 415 g/mol. The fraction of sp³-hybridized carbons (Fsp3) is 0.636. The number of methoxy groups -OCH3 is 1. The van der Waals surface area contributed by atoms with Crippen molar-refractivity contribution in [3.8, 4) is 0 Å². The van der Waals surface area contributed by atoms with Gasteiger partial charge in [-0.25, -0.2) is 0 Å². The molecule has 4 rings (SSSR count). The van der Waals surface area contributed by atoms with Gasteiger partial charge in [-0.2, -0.15) is 0 Å². The summed E-state index contributed by atoms with van der Waals surface area (Å²) in [5.74, 6) is -1.04. The van der Waals surface area contributed by atoms with E-state index in [1.807, 2.05) is 19.2 Å². The van der Waals surface area contributed by atoms with Gasteiger partial charge in [-0.05, 0) is 74.5 Å². The Hall–Kier alpha value is -1.90. The number of amides is 1. The van der Waals surface area contributed by atoms with Crippen LogP contribution in [-0.4, -0.2) is 66.6 Å². The third kappa shape index (κ3) is 4.87. The first kappa shape index (κ1) is 22.8. The van der Waals surface area contributed by atoms with E-state index >= 15 is 0 Å². The van der Waals surface area contributed by atoms with Crippen molar-refractivity contribution >= 4 is 19.4 Å². The second-order valence-corrected chi connectivity index (χ2v) is 8.99. The Kier molecular flexibility index (Phi) is 7.21. The number of hydrogen-bond acceptors (Lipinski definition) is 5. The van der Waals surface area contributed by atoms with E-state index in [-0.39, 0.29) is 16.9 Å². The van der Waals surface area contributed by atoms with Gasteiger partial charge >= 0.3 is 7.12 Å². The zero-order chi connectivity index (χ0) is 21.8. The molecular weight excluding hydrogens is 381 g/mol. The molecule has 30 heavy (non-hydrogen) atoms. The van der Waals surface area contributed by atoms with E-state index in [1.54, 1.807) is 11.9 Å². The van der Waals surface area contributed by atoms with Crippen LogP contribution in [0, 0.1) is 5.41 Å². The molecule has 0 aliphatic heterocycles. The van der Waals surface area contributed by atoms with Gasteiger partial charge in [0.25, 0.3) is 5.91 Å². The summed E-state index contributed by atoms with van der Waals surface area (Å²) in [6, 6.07) is 7.80. The molecule has 3 aliphatic carbocycles. The van der Waals surface area contributed by atoms with Gasteiger partial charge in [0, 0.05) is 26.3 Å². The highest BCUT2D eigenvalue weighted by atomic mass is 16.5. The molecule has 1 amide bonds. The van der Waals surface area contributed by atoms with Crippen molar-refractivity contribution in [2.24, 2.45) is 0 Å². The van der Waals surface area contributed by atoms with Crippen molar-refractivity contribution in [1.29, 1.82) is 5.41 Å². The van der Waals surface area contributed by atoms with Crippen LogP contribution in [0.25, 0.3) is 0 Å². The highest BCUT2D eigenvalue weighted by molar-refractivity contribution is 6.43. The monoisotopic (exact) mass is 415 g/mol. The maximum atomic E-state index is 12.6. The average Bonchev–Trinajstić information content (AvgIpc) is 2.79. The Labute approximate surface area is 179 Å². The molecule has 1 atom stereocenters. The fourth-order valence-corrected chi connectivity index (χ4v) is 5.04. The lowest BCUT2D eigenvalue weighted by atomic mass is 9.56. The highest BCUT2D eigenvalue weighted by Gasteiger charge is 2.49. The van der Waals surface area contributed by atoms with Gasteiger partial charge in [-0.1, -0.05) is 12.1 Å². The molecule has 3 aliphatic rings. The summed E-state index contributed by atoms with van der Waals surface area (Å²) in [6.45, 7) is 0.615. The molecule has 7 nitrogen and oxygen atoms in total. The van der Waals surface area contributed by atoms with E-state index in [0.717, 1.165) is 38.5 Å². The smallest absolute Gasteiger partial charge is 0.426 e. The Balaban J connectivity index is 1.60. The van der Waals surface area contributed by atoms with Gasteiger partial charge in [-0.15, -0.1) is 0 Å². The molecule has 1 aromatic rings. The number of nitrogens with zero attached hydrogens (tertiary/aromatic N) is 1. The topological polar surface area (TPSA) is 106 Å². The zero-order valence-corrected chi connectivity index (χ0v) is 18.1. The van der Waals surface area contributed by atoms with Gasteiger partial charge < -0.3 is 25.0 Å². The van der Waals surface area contributed by atoms with Gasteiger partial charge in [0.05, 0.1) is 17.9 Å².